The van der Waals surface area contributed by atoms with Gasteiger partial charge in [-0.15, -0.1) is 11.3 Å². The van der Waals surface area contributed by atoms with E-state index < -0.39 is 0 Å². The number of hydrogen-bond donors (Lipinski definition) is 2. The van der Waals surface area contributed by atoms with Gasteiger partial charge in [0.1, 0.15) is 22.6 Å². The number of amides is 1. The van der Waals surface area contributed by atoms with Crippen LogP contribution in [-0.4, -0.2) is 23.5 Å². The molecule has 1 aromatic carbocycles. The third-order valence-electron chi connectivity index (χ3n) is 2.84. The van der Waals surface area contributed by atoms with Crippen LogP contribution < -0.4 is 15.8 Å². The van der Waals surface area contributed by atoms with Crippen LogP contribution in [0.1, 0.15) is 28.0 Å². The van der Waals surface area contributed by atoms with E-state index in [1.54, 1.807) is 5.38 Å². The Morgan fingerprint density at radius 2 is 2.33 bits per heavy atom. The molecule has 1 heterocycles. The van der Waals surface area contributed by atoms with Crippen LogP contribution in [0.5, 0.6) is 5.75 Å². The molecule has 0 saturated heterocycles. The molecule has 1 amide bonds. The van der Waals surface area contributed by atoms with E-state index in [1.807, 2.05) is 38.1 Å². The highest BCUT2D eigenvalue weighted by Crippen LogP contribution is 2.14. The molecule has 0 aliphatic carbocycles. The van der Waals surface area contributed by atoms with Crippen molar-refractivity contribution in [2.75, 3.05) is 6.54 Å². The number of carbonyl (C=O) groups excluding carboxylic acids is 1. The molecule has 6 heteroatoms. The summed E-state index contributed by atoms with van der Waals surface area (Å²) in [5.74, 6) is 0.599. The van der Waals surface area contributed by atoms with Crippen molar-refractivity contribution < 1.29 is 9.53 Å². The third-order valence-corrected chi connectivity index (χ3v) is 3.71. The Bertz CT molecular complexity index is 612. The van der Waals surface area contributed by atoms with Crippen LogP contribution in [0, 0.1) is 6.92 Å². The highest BCUT2D eigenvalue weighted by atomic mass is 32.1. The zero-order valence-electron chi connectivity index (χ0n) is 12.1. The second kappa shape index (κ2) is 7.19. The van der Waals surface area contributed by atoms with Gasteiger partial charge >= 0.3 is 0 Å². The predicted molar refractivity (Wildman–Crippen MR) is 83.6 cm³/mol. The molecule has 1 unspecified atom stereocenters. The van der Waals surface area contributed by atoms with E-state index in [4.69, 9.17) is 10.5 Å². The van der Waals surface area contributed by atoms with E-state index in [-0.39, 0.29) is 12.0 Å². The molecule has 0 aliphatic rings. The lowest BCUT2D eigenvalue weighted by Crippen LogP contribution is -2.33. The normalized spacial score (nSPS) is 12.0. The first-order valence-corrected chi connectivity index (χ1v) is 7.62. The Morgan fingerprint density at radius 1 is 1.52 bits per heavy atom. The molecule has 1 aromatic heterocycles. The lowest BCUT2D eigenvalue weighted by atomic mass is 10.2. The zero-order valence-corrected chi connectivity index (χ0v) is 12.9. The maximum absolute atomic E-state index is 11.9. The molecule has 21 heavy (non-hydrogen) atoms. The van der Waals surface area contributed by atoms with Crippen molar-refractivity contribution in [2.24, 2.45) is 5.73 Å². The van der Waals surface area contributed by atoms with Gasteiger partial charge in [0.2, 0.25) is 0 Å². The molecule has 0 bridgehead atoms. The SMILES string of the molecule is Cc1cccc(OC(C)CNC(=O)c2csc(CN)n2)c1. The van der Waals surface area contributed by atoms with E-state index >= 15 is 0 Å². The van der Waals surface area contributed by atoms with Gasteiger partial charge in [-0.1, -0.05) is 12.1 Å². The number of rotatable bonds is 6. The van der Waals surface area contributed by atoms with Crippen LogP contribution >= 0.6 is 11.3 Å². The van der Waals surface area contributed by atoms with Gasteiger partial charge in [-0.25, -0.2) is 4.98 Å². The molecule has 0 radical (unpaired) electrons. The Balaban J connectivity index is 1.83. The first-order valence-electron chi connectivity index (χ1n) is 6.74. The van der Waals surface area contributed by atoms with Gasteiger partial charge < -0.3 is 15.8 Å². The van der Waals surface area contributed by atoms with Crippen LogP contribution in [-0.2, 0) is 6.54 Å². The van der Waals surface area contributed by atoms with Crippen LogP contribution in [0.3, 0.4) is 0 Å². The minimum absolute atomic E-state index is 0.122. The summed E-state index contributed by atoms with van der Waals surface area (Å²) < 4.78 is 5.76. The van der Waals surface area contributed by atoms with Gasteiger partial charge in [0.25, 0.3) is 5.91 Å². The molecule has 0 spiro atoms. The van der Waals surface area contributed by atoms with Gasteiger partial charge in [0.15, 0.2) is 0 Å². The quantitative estimate of drug-likeness (QED) is 0.857. The number of aryl methyl sites for hydroxylation is 1. The summed E-state index contributed by atoms with van der Waals surface area (Å²) >= 11 is 1.39. The van der Waals surface area contributed by atoms with Gasteiger partial charge in [-0.2, -0.15) is 0 Å². The van der Waals surface area contributed by atoms with Crippen molar-refractivity contribution in [1.82, 2.24) is 10.3 Å². The fraction of sp³-hybridized carbons (Fsp3) is 0.333. The standard InChI is InChI=1S/C15H19N3O2S/c1-10-4-3-5-12(6-10)20-11(2)8-17-15(19)13-9-21-14(7-16)18-13/h3-6,9,11H,7-8,16H2,1-2H3,(H,17,19). The summed E-state index contributed by atoms with van der Waals surface area (Å²) in [7, 11) is 0. The fourth-order valence-corrected chi connectivity index (χ4v) is 2.45. The highest BCUT2D eigenvalue weighted by molar-refractivity contribution is 7.09. The molecular formula is C15H19N3O2S. The summed E-state index contributed by atoms with van der Waals surface area (Å²) in [6.07, 6.45) is -0.122. The molecule has 5 nitrogen and oxygen atoms in total. The van der Waals surface area contributed by atoms with Crippen molar-refractivity contribution in [2.45, 2.75) is 26.5 Å². The van der Waals surface area contributed by atoms with Crippen LogP contribution in [0.2, 0.25) is 0 Å². The average molecular weight is 305 g/mol. The van der Waals surface area contributed by atoms with Crippen molar-refractivity contribution in [3.63, 3.8) is 0 Å². The van der Waals surface area contributed by atoms with Crippen LogP contribution in [0.4, 0.5) is 0 Å². The van der Waals surface area contributed by atoms with E-state index in [0.29, 0.717) is 18.8 Å². The zero-order chi connectivity index (χ0) is 15.2. The third kappa shape index (κ3) is 4.54. The molecule has 3 N–H and O–H groups in total. The molecular weight excluding hydrogens is 286 g/mol. The van der Waals surface area contributed by atoms with Crippen LogP contribution in [0.15, 0.2) is 29.6 Å². The predicted octanol–water partition coefficient (Wildman–Crippen LogP) is 2.11. The number of carbonyl (C=O) groups is 1. The van der Waals surface area contributed by atoms with Crippen molar-refractivity contribution in [3.05, 3.63) is 45.9 Å². The Morgan fingerprint density at radius 3 is 3.00 bits per heavy atom. The lowest BCUT2D eigenvalue weighted by molar-refractivity contribution is 0.0927. The van der Waals surface area contributed by atoms with E-state index in [1.165, 1.54) is 11.3 Å². The number of benzene rings is 1. The molecule has 1 atom stereocenters. The van der Waals surface area contributed by atoms with Crippen molar-refractivity contribution in [1.29, 1.82) is 0 Å². The topological polar surface area (TPSA) is 77.2 Å². The highest BCUT2D eigenvalue weighted by Gasteiger charge is 2.12. The summed E-state index contributed by atoms with van der Waals surface area (Å²) in [6.45, 7) is 4.69. The van der Waals surface area contributed by atoms with E-state index in [0.717, 1.165) is 16.3 Å². The Kier molecular flexibility index (Phi) is 5.30. The minimum atomic E-state index is -0.203. The molecule has 0 saturated carbocycles. The second-order valence-electron chi connectivity index (χ2n) is 4.79. The average Bonchev–Trinajstić information content (AvgIpc) is 2.94. The molecule has 0 fully saturated rings. The van der Waals surface area contributed by atoms with Gasteiger partial charge in [0, 0.05) is 11.9 Å². The fourth-order valence-electron chi connectivity index (χ4n) is 1.80. The van der Waals surface area contributed by atoms with Crippen molar-refractivity contribution in [3.8, 4) is 5.75 Å². The molecule has 2 rings (SSSR count). The largest absolute Gasteiger partial charge is 0.489 e. The summed E-state index contributed by atoms with van der Waals surface area (Å²) in [5, 5.41) is 5.28. The first kappa shape index (κ1) is 15.5. The monoisotopic (exact) mass is 305 g/mol. The van der Waals surface area contributed by atoms with E-state index in [2.05, 4.69) is 10.3 Å². The maximum atomic E-state index is 11.9. The lowest BCUT2D eigenvalue weighted by Gasteiger charge is -2.15. The van der Waals surface area contributed by atoms with Gasteiger partial charge in [-0.05, 0) is 31.5 Å². The number of nitrogens with one attached hydrogen (secondary N) is 1. The maximum Gasteiger partial charge on any atom is 0.270 e. The number of ether oxygens (including phenoxy) is 1. The van der Waals surface area contributed by atoms with Gasteiger partial charge in [-0.3, -0.25) is 4.79 Å². The van der Waals surface area contributed by atoms with Crippen LogP contribution in [0.25, 0.3) is 0 Å². The first-order chi connectivity index (χ1) is 10.1. The summed E-state index contributed by atoms with van der Waals surface area (Å²) in [6, 6.07) is 7.82. The smallest absolute Gasteiger partial charge is 0.270 e. The minimum Gasteiger partial charge on any atom is -0.489 e. The second-order valence-corrected chi connectivity index (χ2v) is 5.73. The van der Waals surface area contributed by atoms with Gasteiger partial charge in [0.05, 0.1) is 6.54 Å². The molecule has 112 valence electrons. The number of nitrogens with two attached hydrogens (primary N) is 1. The number of aromatic nitrogens is 1. The summed E-state index contributed by atoms with van der Waals surface area (Å²) in [5.41, 5.74) is 7.02. The molecule has 0 aliphatic heterocycles. The molecule has 2 aromatic rings. The van der Waals surface area contributed by atoms with E-state index in [9.17, 15) is 4.79 Å². The number of hydrogen-bond acceptors (Lipinski definition) is 5. The summed E-state index contributed by atoms with van der Waals surface area (Å²) in [4.78, 5) is 16.1. The number of nitrogens with zero attached hydrogens (tertiary/aromatic N) is 1. The Labute approximate surface area is 128 Å². The Hall–Kier alpha value is -1.92. The van der Waals surface area contributed by atoms with Crippen molar-refractivity contribution >= 4 is 17.2 Å². The number of thiazole rings is 1.